The molecule has 0 spiro atoms. The van der Waals surface area contributed by atoms with Crippen molar-refractivity contribution < 1.29 is 24.2 Å². The highest BCUT2D eigenvalue weighted by atomic mass is 16.6. The second-order valence-electron chi connectivity index (χ2n) is 7.81. The number of rotatable bonds is 8. The van der Waals surface area contributed by atoms with Gasteiger partial charge in [-0.3, -0.25) is 0 Å². The number of isocyanates is 1. The maximum absolute atomic E-state index is 11.1. The van der Waals surface area contributed by atoms with Gasteiger partial charge in [-0.1, -0.05) is 30.3 Å². The molecule has 27 heavy (non-hydrogen) atoms. The van der Waals surface area contributed by atoms with E-state index in [4.69, 9.17) is 15.2 Å². The van der Waals surface area contributed by atoms with Crippen LogP contribution in [0.5, 0.6) is 0 Å². The van der Waals surface area contributed by atoms with Crippen molar-refractivity contribution in [1.29, 1.82) is 0 Å². The molecule has 1 fully saturated rings. The molecule has 0 aromatic heterocycles. The monoisotopic (exact) mass is 376 g/mol. The maximum Gasteiger partial charge on any atom is 0.405 e. The minimum absolute atomic E-state index is 0.0767. The summed E-state index contributed by atoms with van der Waals surface area (Å²) in [6.07, 6.45) is 2.62. The molecule has 7 nitrogen and oxygen atoms in total. The Morgan fingerprint density at radius 1 is 1.41 bits per heavy atom. The molecule has 1 aromatic carbocycles. The predicted molar refractivity (Wildman–Crippen MR) is 99.7 cm³/mol. The smallest absolute Gasteiger partial charge is 0.405 e. The second-order valence-corrected chi connectivity index (χ2v) is 7.81. The summed E-state index contributed by atoms with van der Waals surface area (Å²) in [6.45, 7) is 3.84. The van der Waals surface area contributed by atoms with E-state index in [2.05, 4.69) is 4.99 Å². The van der Waals surface area contributed by atoms with E-state index in [0.717, 1.165) is 5.56 Å². The molecule has 0 bridgehead atoms. The van der Waals surface area contributed by atoms with E-state index in [1.54, 1.807) is 19.9 Å². The number of hydrogen-bond acceptors (Lipinski definition) is 6. The molecular formula is C20H28N2O5. The van der Waals surface area contributed by atoms with Gasteiger partial charge in [-0.25, -0.2) is 9.59 Å². The van der Waals surface area contributed by atoms with Gasteiger partial charge in [0.1, 0.15) is 5.60 Å². The van der Waals surface area contributed by atoms with Crippen molar-refractivity contribution in [2.24, 2.45) is 16.6 Å². The number of aliphatic hydroxyl groups is 1. The van der Waals surface area contributed by atoms with Crippen LogP contribution < -0.4 is 5.73 Å². The van der Waals surface area contributed by atoms with Gasteiger partial charge in [0, 0.05) is 18.9 Å². The summed E-state index contributed by atoms with van der Waals surface area (Å²) < 4.78 is 11.2. The summed E-state index contributed by atoms with van der Waals surface area (Å²) >= 11 is 0. The zero-order valence-electron chi connectivity index (χ0n) is 15.9. The molecule has 0 saturated heterocycles. The number of nitrogens with two attached hydrogens (primary N) is 1. The zero-order valence-corrected chi connectivity index (χ0v) is 15.9. The Balaban J connectivity index is 2.08. The quantitative estimate of drug-likeness (QED) is 0.535. The van der Waals surface area contributed by atoms with Crippen LogP contribution in [0.3, 0.4) is 0 Å². The van der Waals surface area contributed by atoms with Gasteiger partial charge in [-0.2, -0.15) is 4.99 Å². The normalized spacial score (nSPS) is 25.4. The van der Waals surface area contributed by atoms with Crippen molar-refractivity contribution >= 4 is 12.2 Å². The highest BCUT2D eigenvalue weighted by Gasteiger charge is 2.45. The van der Waals surface area contributed by atoms with Crippen molar-refractivity contribution in [3.8, 4) is 0 Å². The molecule has 1 amide bonds. The summed E-state index contributed by atoms with van der Waals surface area (Å²) in [7, 11) is 0. The summed E-state index contributed by atoms with van der Waals surface area (Å²) in [5.41, 5.74) is 4.56. The molecule has 148 valence electrons. The summed E-state index contributed by atoms with van der Waals surface area (Å²) in [4.78, 5) is 26.3. The van der Waals surface area contributed by atoms with Crippen LogP contribution >= 0.6 is 0 Å². The molecular weight excluding hydrogens is 348 g/mol. The van der Waals surface area contributed by atoms with Crippen LogP contribution in [0.15, 0.2) is 35.3 Å². The Morgan fingerprint density at radius 2 is 2.11 bits per heavy atom. The molecule has 0 heterocycles. The lowest BCUT2D eigenvalue weighted by Crippen LogP contribution is -2.47. The van der Waals surface area contributed by atoms with Crippen molar-refractivity contribution in [2.75, 3.05) is 6.61 Å². The van der Waals surface area contributed by atoms with Crippen LogP contribution in [0.2, 0.25) is 0 Å². The highest BCUT2D eigenvalue weighted by Crippen LogP contribution is 2.42. The minimum atomic E-state index is -0.885. The SMILES string of the molecule is CC(C)(CC1(N=C=O)CCC(OCc2ccccc2)C(CO)C1)OC(N)=O. The third kappa shape index (κ3) is 6.17. The molecule has 3 unspecified atom stereocenters. The Morgan fingerprint density at radius 3 is 2.70 bits per heavy atom. The van der Waals surface area contributed by atoms with Crippen LogP contribution in [0.1, 0.15) is 45.1 Å². The van der Waals surface area contributed by atoms with Crippen molar-refractivity contribution in [3.05, 3.63) is 35.9 Å². The zero-order chi connectivity index (χ0) is 19.9. The van der Waals surface area contributed by atoms with Gasteiger partial charge in [0.25, 0.3) is 0 Å². The molecule has 7 heteroatoms. The third-order valence-corrected chi connectivity index (χ3v) is 5.02. The molecule has 1 aliphatic rings. The van der Waals surface area contributed by atoms with E-state index in [1.807, 2.05) is 30.3 Å². The van der Waals surface area contributed by atoms with Crippen LogP contribution in [0.25, 0.3) is 0 Å². The van der Waals surface area contributed by atoms with Gasteiger partial charge in [-0.05, 0) is 38.7 Å². The number of benzene rings is 1. The molecule has 0 radical (unpaired) electrons. The lowest BCUT2D eigenvalue weighted by atomic mass is 9.70. The first-order valence-electron chi connectivity index (χ1n) is 9.13. The first-order chi connectivity index (χ1) is 12.8. The second kappa shape index (κ2) is 9.13. The average molecular weight is 376 g/mol. The number of nitrogens with zero attached hydrogens (tertiary/aromatic N) is 1. The minimum Gasteiger partial charge on any atom is -0.444 e. The Hall–Kier alpha value is -2.21. The fourth-order valence-corrected chi connectivity index (χ4v) is 4.05. The van der Waals surface area contributed by atoms with Crippen molar-refractivity contribution in [3.63, 3.8) is 0 Å². The number of carbonyl (C=O) groups is 1. The Kier molecular flexibility index (Phi) is 7.13. The van der Waals surface area contributed by atoms with Gasteiger partial charge in [-0.15, -0.1) is 0 Å². The number of aliphatic hydroxyl groups excluding tert-OH is 1. The van der Waals surface area contributed by atoms with Crippen LogP contribution in [-0.2, 0) is 20.9 Å². The summed E-state index contributed by atoms with van der Waals surface area (Å²) in [6, 6.07) is 9.83. The number of aliphatic imine (C=N–C) groups is 1. The lowest BCUT2D eigenvalue weighted by molar-refractivity contribution is -0.0651. The molecule has 2 rings (SSSR count). The fourth-order valence-electron chi connectivity index (χ4n) is 4.05. The largest absolute Gasteiger partial charge is 0.444 e. The summed E-state index contributed by atoms with van der Waals surface area (Å²) in [5, 5.41) is 9.88. The molecule has 1 aromatic rings. The van der Waals surface area contributed by atoms with Gasteiger partial charge in [0.2, 0.25) is 6.08 Å². The molecule has 1 saturated carbocycles. The maximum atomic E-state index is 11.1. The molecule has 0 aliphatic heterocycles. The van der Waals surface area contributed by atoms with Crippen LogP contribution in [0, 0.1) is 5.92 Å². The van der Waals surface area contributed by atoms with Gasteiger partial charge >= 0.3 is 6.09 Å². The number of primary amides is 1. The summed E-state index contributed by atoms with van der Waals surface area (Å²) in [5.74, 6) is -0.177. The third-order valence-electron chi connectivity index (χ3n) is 5.02. The first-order valence-corrected chi connectivity index (χ1v) is 9.13. The standard InChI is InChI=1S/C20H28N2O5/c1-19(2,27-18(21)25)13-20(22-14-24)9-8-17(16(10-20)11-23)26-12-15-6-4-3-5-7-15/h3-7,16-17,23H,8-13H2,1-2H3,(H2,21,25). The molecule has 3 N–H and O–H groups in total. The molecule has 1 aliphatic carbocycles. The van der Waals surface area contributed by atoms with E-state index in [0.29, 0.717) is 32.3 Å². The Bertz CT molecular complexity index is 672. The van der Waals surface area contributed by atoms with E-state index in [-0.39, 0.29) is 18.6 Å². The number of amides is 1. The van der Waals surface area contributed by atoms with Crippen LogP contribution in [-0.4, -0.2) is 41.1 Å². The van der Waals surface area contributed by atoms with Gasteiger partial charge in [0.15, 0.2) is 0 Å². The van der Waals surface area contributed by atoms with Crippen molar-refractivity contribution in [2.45, 2.75) is 63.4 Å². The first kappa shape index (κ1) is 21.1. The number of hydrogen-bond donors (Lipinski definition) is 2. The lowest BCUT2D eigenvalue weighted by Gasteiger charge is -2.43. The van der Waals surface area contributed by atoms with Crippen LogP contribution in [0.4, 0.5) is 4.79 Å². The van der Waals surface area contributed by atoms with Gasteiger partial charge in [0.05, 0.1) is 18.2 Å². The van der Waals surface area contributed by atoms with E-state index in [9.17, 15) is 14.7 Å². The average Bonchev–Trinajstić information content (AvgIpc) is 2.60. The Labute approximate surface area is 159 Å². The number of carbonyl (C=O) groups excluding carboxylic acids is 2. The van der Waals surface area contributed by atoms with Gasteiger partial charge < -0.3 is 20.3 Å². The topological polar surface area (TPSA) is 111 Å². The van der Waals surface area contributed by atoms with Crippen molar-refractivity contribution in [1.82, 2.24) is 0 Å². The predicted octanol–water partition coefficient (Wildman–Crippen LogP) is 2.70. The molecule has 3 atom stereocenters. The highest BCUT2D eigenvalue weighted by molar-refractivity contribution is 5.65. The van der Waals surface area contributed by atoms with E-state index >= 15 is 0 Å². The number of ether oxygens (including phenoxy) is 2. The van der Waals surface area contributed by atoms with E-state index in [1.165, 1.54) is 0 Å². The fraction of sp³-hybridized carbons (Fsp3) is 0.600. The van der Waals surface area contributed by atoms with E-state index < -0.39 is 17.2 Å².